The first-order chi connectivity index (χ1) is 6.20. The third kappa shape index (κ3) is 3.57. The Bertz CT molecular complexity index is 259. The van der Waals surface area contributed by atoms with Gasteiger partial charge in [-0.15, -0.1) is 11.3 Å². The summed E-state index contributed by atoms with van der Waals surface area (Å²) in [6, 6.07) is 4.23. The summed E-state index contributed by atoms with van der Waals surface area (Å²) in [6.45, 7) is 0. The van der Waals surface area contributed by atoms with Crippen molar-refractivity contribution in [2.24, 2.45) is 0 Å². The van der Waals surface area contributed by atoms with Gasteiger partial charge in [0.25, 0.3) is 0 Å². The standard InChI is InChI=1S/C9H13NO2S/c10-7(3-1-5-9(11)12)8-4-2-6-13-8/h2,4,6-7H,1,3,5,10H2,(H,11,12)/t7-/m1/s1. The summed E-state index contributed by atoms with van der Waals surface area (Å²) >= 11 is 1.66. The molecule has 1 atom stereocenters. The Morgan fingerprint density at radius 2 is 2.46 bits per heavy atom. The van der Waals surface area contributed by atoms with Gasteiger partial charge in [-0.2, -0.15) is 0 Å². The molecule has 1 aromatic rings. The highest BCUT2D eigenvalue weighted by Gasteiger charge is 2.09. The van der Waals surface area contributed by atoms with Crippen LogP contribution in [0.3, 0.4) is 0 Å². The first-order valence-corrected chi connectivity index (χ1v) is 5.14. The van der Waals surface area contributed by atoms with Crippen LogP contribution in [0.4, 0.5) is 0 Å². The van der Waals surface area contributed by atoms with E-state index in [4.69, 9.17) is 0 Å². The number of carbonyl (C=O) groups excluding carboxylic acids is 1. The molecule has 0 unspecified atom stereocenters. The smallest absolute Gasteiger partial charge is 0.119 e. The Hall–Kier alpha value is -0.870. The third-order valence-electron chi connectivity index (χ3n) is 1.88. The van der Waals surface area contributed by atoms with E-state index < -0.39 is 5.97 Å². The van der Waals surface area contributed by atoms with Crippen molar-refractivity contribution < 1.29 is 15.6 Å². The van der Waals surface area contributed by atoms with E-state index in [1.807, 2.05) is 17.5 Å². The summed E-state index contributed by atoms with van der Waals surface area (Å²) in [7, 11) is 0. The molecule has 0 amide bonds. The Balaban J connectivity index is 2.26. The van der Waals surface area contributed by atoms with E-state index in [2.05, 4.69) is 5.73 Å². The van der Waals surface area contributed by atoms with Gasteiger partial charge in [0, 0.05) is 12.4 Å². The minimum absolute atomic E-state index is 0.136. The molecule has 0 saturated heterocycles. The van der Waals surface area contributed by atoms with Crippen molar-refractivity contribution >= 4 is 17.3 Å². The fourth-order valence-electron chi connectivity index (χ4n) is 1.16. The lowest BCUT2D eigenvalue weighted by atomic mass is 10.1. The summed E-state index contributed by atoms with van der Waals surface area (Å²) in [5, 5.41) is 12.1. The number of carboxylic acids is 1. The average Bonchev–Trinajstić information content (AvgIpc) is 2.55. The Morgan fingerprint density at radius 1 is 1.69 bits per heavy atom. The van der Waals surface area contributed by atoms with Crippen molar-refractivity contribution in [2.45, 2.75) is 25.3 Å². The number of rotatable bonds is 5. The van der Waals surface area contributed by atoms with E-state index in [9.17, 15) is 9.90 Å². The second-order valence-electron chi connectivity index (χ2n) is 2.98. The number of thiophene rings is 1. The number of quaternary nitrogens is 1. The predicted octanol–water partition coefficient (Wildman–Crippen LogP) is -0.0487. The average molecular weight is 199 g/mol. The molecular formula is C9H13NO2S. The van der Waals surface area contributed by atoms with Crippen molar-refractivity contribution in [2.75, 3.05) is 0 Å². The SMILES string of the molecule is [NH3+][C@H](CCCC(=O)[O-])c1cccs1. The van der Waals surface area contributed by atoms with E-state index in [1.54, 1.807) is 11.3 Å². The topological polar surface area (TPSA) is 67.8 Å². The largest absolute Gasteiger partial charge is 0.550 e. The first kappa shape index (κ1) is 10.2. The molecule has 0 aliphatic heterocycles. The van der Waals surface area contributed by atoms with Crippen molar-refractivity contribution in [3.8, 4) is 0 Å². The van der Waals surface area contributed by atoms with Crippen molar-refractivity contribution in [1.29, 1.82) is 0 Å². The number of hydrogen-bond donors (Lipinski definition) is 1. The van der Waals surface area contributed by atoms with Crippen LogP contribution in [0.2, 0.25) is 0 Å². The van der Waals surface area contributed by atoms with Crippen LogP contribution in [0, 0.1) is 0 Å². The maximum atomic E-state index is 10.1. The van der Waals surface area contributed by atoms with Gasteiger partial charge in [0.05, 0.1) is 4.88 Å². The molecule has 3 N–H and O–H groups in total. The van der Waals surface area contributed by atoms with Crippen LogP contribution >= 0.6 is 11.3 Å². The zero-order chi connectivity index (χ0) is 9.68. The fraction of sp³-hybridized carbons (Fsp3) is 0.444. The van der Waals surface area contributed by atoms with E-state index in [1.165, 1.54) is 4.88 Å². The lowest BCUT2D eigenvalue weighted by molar-refractivity contribution is -0.427. The number of aliphatic carboxylic acids is 1. The Labute approximate surface area is 81.2 Å². The molecule has 1 aromatic heterocycles. The lowest BCUT2D eigenvalue weighted by Gasteiger charge is -2.06. The molecule has 0 radical (unpaired) electrons. The van der Waals surface area contributed by atoms with Crippen LogP contribution in [0.1, 0.15) is 30.2 Å². The molecule has 0 bridgehead atoms. The zero-order valence-corrected chi connectivity index (χ0v) is 8.18. The van der Waals surface area contributed by atoms with Crippen LogP contribution in [-0.2, 0) is 4.79 Å². The lowest BCUT2D eigenvalue weighted by Crippen LogP contribution is -2.53. The van der Waals surface area contributed by atoms with E-state index in [0.29, 0.717) is 6.42 Å². The normalized spacial score (nSPS) is 12.7. The highest BCUT2D eigenvalue weighted by atomic mass is 32.1. The Morgan fingerprint density at radius 3 is 3.00 bits per heavy atom. The monoisotopic (exact) mass is 199 g/mol. The molecule has 0 aromatic carbocycles. The van der Waals surface area contributed by atoms with E-state index >= 15 is 0 Å². The summed E-state index contributed by atoms with van der Waals surface area (Å²) in [6.07, 6.45) is 1.60. The molecular weight excluding hydrogens is 186 g/mol. The summed E-state index contributed by atoms with van der Waals surface area (Å²) in [5.74, 6) is -0.974. The van der Waals surface area contributed by atoms with Gasteiger partial charge < -0.3 is 15.6 Å². The number of hydrogen-bond acceptors (Lipinski definition) is 3. The molecule has 4 heteroatoms. The van der Waals surface area contributed by atoms with Crippen LogP contribution in [-0.4, -0.2) is 5.97 Å². The van der Waals surface area contributed by atoms with Gasteiger partial charge in [-0.05, 0) is 24.3 Å². The zero-order valence-electron chi connectivity index (χ0n) is 7.36. The first-order valence-electron chi connectivity index (χ1n) is 4.26. The van der Waals surface area contributed by atoms with Crippen LogP contribution in [0.15, 0.2) is 17.5 Å². The van der Waals surface area contributed by atoms with Crippen LogP contribution < -0.4 is 10.8 Å². The third-order valence-corrected chi connectivity index (χ3v) is 2.91. The molecule has 0 spiro atoms. The number of carboxylic acid groups (broad SMARTS) is 1. The van der Waals surface area contributed by atoms with Crippen LogP contribution in [0.5, 0.6) is 0 Å². The second-order valence-corrected chi connectivity index (χ2v) is 3.96. The van der Waals surface area contributed by atoms with Crippen molar-refractivity contribution in [3.05, 3.63) is 22.4 Å². The highest BCUT2D eigenvalue weighted by molar-refractivity contribution is 7.10. The molecule has 72 valence electrons. The maximum absolute atomic E-state index is 10.1. The molecule has 13 heavy (non-hydrogen) atoms. The summed E-state index contributed by atoms with van der Waals surface area (Å²) in [5.41, 5.74) is 3.97. The summed E-state index contributed by atoms with van der Waals surface area (Å²) < 4.78 is 0. The molecule has 0 aliphatic rings. The molecule has 0 saturated carbocycles. The predicted molar refractivity (Wildman–Crippen MR) is 48.8 cm³/mol. The van der Waals surface area contributed by atoms with Gasteiger partial charge in [0.1, 0.15) is 6.04 Å². The maximum Gasteiger partial charge on any atom is 0.119 e. The number of carbonyl (C=O) groups is 1. The summed E-state index contributed by atoms with van der Waals surface area (Å²) in [4.78, 5) is 11.4. The van der Waals surface area contributed by atoms with Gasteiger partial charge in [-0.1, -0.05) is 6.07 Å². The van der Waals surface area contributed by atoms with Gasteiger partial charge in [-0.25, -0.2) is 0 Å². The molecule has 0 fully saturated rings. The molecule has 1 rings (SSSR count). The van der Waals surface area contributed by atoms with Crippen molar-refractivity contribution in [3.63, 3.8) is 0 Å². The molecule has 1 heterocycles. The molecule has 0 aliphatic carbocycles. The van der Waals surface area contributed by atoms with E-state index in [-0.39, 0.29) is 12.5 Å². The Kier molecular flexibility index (Phi) is 3.92. The minimum atomic E-state index is -0.974. The minimum Gasteiger partial charge on any atom is -0.550 e. The van der Waals surface area contributed by atoms with Gasteiger partial charge in [0.15, 0.2) is 0 Å². The van der Waals surface area contributed by atoms with Gasteiger partial charge in [-0.3, -0.25) is 0 Å². The van der Waals surface area contributed by atoms with Crippen molar-refractivity contribution in [1.82, 2.24) is 0 Å². The highest BCUT2D eigenvalue weighted by Crippen LogP contribution is 2.19. The van der Waals surface area contributed by atoms with E-state index in [0.717, 1.165) is 6.42 Å². The van der Waals surface area contributed by atoms with Gasteiger partial charge >= 0.3 is 0 Å². The fourth-order valence-corrected chi connectivity index (χ4v) is 1.94. The second kappa shape index (κ2) is 4.99. The molecule has 3 nitrogen and oxygen atoms in total. The van der Waals surface area contributed by atoms with Gasteiger partial charge in [0.2, 0.25) is 0 Å². The quantitative estimate of drug-likeness (QED) is 0.722. The van der Waals surface area contributed by atoms with Crippen LogP contribution in [0.25, 0.3) is 0 Å².